The summed E-state index contributed by atoms with van der Waals surface area (Å²) in [5, 5.41) is 12.8. The van der Waals surface area contributed by atoms with Crippen LogP contribution in [0.3, 0.4) is 0 Å². The quantitative estimate of drug-likeness (QED) is 0.730. The molecule has 1 aliphatic heterocycles. The summed E-state index contributed by atoms with van der Waals surface area (Å²) in [5.41, 5.74) is 0.955. The van der Waals surface area contributed by atoms with E-state index in [1.165, 1.54) is 4.90 Å². The first kappa shape index (κ1) is 14.7. The van der Waals surface area contributed by atoms with E-state index in [9.17, 15) is 14.7 Å². The molecule has 0 bridgehead atoms. The minimum atomic E-state index is -0.440. The van der Waals surface area contributed by atoms with Gasteiger partial charge >= 0.3 is 0 Å². The van der Waals surface area contributed by atoms with Gasteiger partial charge in [0.2, 0.25) is 0 Å². The molecule has 0 radical (unpaired) electrons. The lowest BCUT2D eigenvalue weighted by Crippen LogP contribution is -2.32. The fourth-order valence-corrected chi connectivity index (χ4v) is 2.34. The van der Waals surface area contributed by atoms with Gasteiger partial charge in [0.25, 0.3) is 11.8 Å². The molecule has 2 N–H and O–H groups in total. The summed E-state index contributed by atoms with van der Waals surface area (Å²) in [6.45, 7) is 3.69. The molecule has 1 aromatic rings. The highest BCUT2D eigenvalue weighted by molar-refractivity contribution is 6.21. The first-order chi connectivity index (χ1) is 9.65. The molecule has 0 aromatic heterocycles. The molecule has 0 aliphatic carbocycles. The molecule has 20 heavy (non-hydrogen) atoms. The largest absolute Gasteiger partial charge is 0.392 e. The van der Waals surface area contributed by atoms with Crippen LogP contribution in [0.1, 0.15) is 40.5 Å². The molecule has 2 amide bonds. The number of carbonyl (C=O) groups is 2. The fourth-order valence-electron chi connectivity index (χ4n) is 2.34. The second kappa shape index (κ2) is 6.63. The molecule has 1 aliphatic rings. The molecule has 5 heteroatoms. The minimum absolute atomic E-state index is 0.230. The van der Waals surface area contributed by atoms with Crippen LogP contribution < -0.4 is 5.32 Å². The average Bonchev–Trinajstić information content (AvgIpc) is 2.70. The van der Waals surface area contributed by atoms with E-state index in [1.807, 2.05) is 6.92 Å². The van der Waals surface area contributed by atoms with E-state index in [2.05, 4.69) is 5.32 Å². The third-order valence-corrected chi connectivity index (χ3v) is 3.43. The van der Waals surface area contributed by atoms with Crippen LogP contribution in [0.5, 0.6) is 0 Å². The van der Waals surface area contributed by atoms with Crippen molar-refractivity contribution >= 4 is 11.8 Å². The summed E-state index contributed by atoms with van der Waals surface area (Å²) in [6, 6.07) is 6.87. The van der Waals surface area contributed by atoms with Gasteiger partial charge in [0.1, 0.15) is 0 Å². The van der Waals surface area contributed by atoms with Crippen LogP contribution in [-0.4, -0.2) is 47.6 Å². The number of carbonyl (C=O) groups excluding carboxylic acids is 2. The van der Waals surface area contributed by atoms with Crippen molar-refractivity contribution in [1.82, 2.24) is 10.2 Å². The summed E-state index contributed by atoms with van der Waals surface area (Å²) < 4.78 is 0. The summed E-state index contributed by atoms with van der Waals surface area (Å²) in [6.07, 6.45) is 0.739. The first-order valence-electron chi connectivity index (χ1n) is 6.99. The van der Waals surface area contributed by atoms with Crippen LogP contribution in [0, 0.1) is 0 Å². The SMILES string of the molecule is CCNCC(O)CCCN1C(=O)c2ccccc2C1=O. The molecule has 0 fully saturated rings. The summed E-state index contributed by atoms with van der Waals surface area (Å²) >= 11 is 0. The van der Waals surface area contributed by atoms with E-state index in [4.69, 9.17) is 0 Å². The average molecular weight is 276 g/mol. The Morgan fingerprint density at radius 3 is 2.35 bits per heavy atom. The van der Waals surface area contributed by atoms with Gasteiger partial charge in [-0.1, -0.05) is 19.1 Å². The van der Waals surface area contributed by atoms with Gasteiger partial charge in [-0.15, -0.1) is 0 Å². The topological polar surface area (TPSA) is 69.6 Å². The van der Waals surface area contributed by atoms with Gasteiger partial charge in [0, 0.05) is 13.1 Å². The lowest BCUT2D eigenvalue weighted by Gasteiger charge is -2.15. The van der Waals surface area contributed by atoms with Gasteiger partial charge in [-0.3, -0.25) is 14.5 Å². The Hall–Kier alpha value is -1.72. The lowest BCUT2D eigenvalue weighted by atomic mass is 10.1. The van der Waals surface area contributed by atoms with Crippen molar-refractivity contribution in [2.45, 2.75) is 25.9 Å². The van der Waals surface area contributed by atoms with Crippen molar-refractivity contribution in [1.29, 1.82) is 0 Å². The summed E-state index contributed by atoms with van der Waals surface area (Å²) in [7, 11) is 0. The Morgan fingerprint density at radius 1 is 1.20 bits per heavy atom. The molecule has 1 aromatic carbocycles. The number of aliphatic hydroxyl groups excluding tert-OH is 1. The second-order valence-electron chi connectivity index (χ2n) is 4.91. The van der Waals surface area contributed by atoms with Gasteiger partial charge in [-0.25, -0.2) is 0 Å². The third kappa shape index (κ3) is 3.05. The summed E-state index contributed by atoms with van der Waals surface area (Å²) in [4.78, 5) is 25.4. The van der Waals surface area contributed by atoms with E-state index < -0.39 is 6.10 Å². The molecule has 108 valence electrons. The van der Waals surface area contributed by atoms with Crippen LogP contribution in [0.15, 0.2) is 24.3 Å². The Morgan fingerprint density at radius 2 is 1.80 bits per heavy atom. The monoisotopic (exact) mass is 276 g/mol. The van der Waals surface area contributed by atoms with Crippen molar-refractivity contribution in [2.75, 3.05) is 19.6 Å². The number of amides is 2. The number of hydrogen-bond acceptors (Lipinski definition) is 4. The number of fused-ring (bicyclic) bond motifs is 1. The molecule has 2 rings (SSSR count). The molecule has 0 spiro atoms. The zero-order valence-electron chi connectivity index (χ0n) is 11.6. The Labute approximate surface area is 118 Å². The maximum atomic E-state index is 12.1. The second-order valence-corrected chi connectivity index (χ2v) is 4.91. The number of benzene rings is 1. The third-order valence-electron chi connectivity index (χ3n) is 3.43. The number of imide groups is 1. The van der Waals surface area contributed by atoms with Crippen molar-refractivity contribution in [3.63, 3.8) is 0 Å². The van der Waals surface area contributed by atoms with E-state index >= 15 is 0 Å². The Balaban J connectivity index is 1.86. The Kier molecular flexibility index (Phi) is 4.87. The molecule has 0 saturated heterocycles. The van der Waals surface area contributed by atoms with E-state index in [0.717, 1.165) is 6.54 Å². The van der Waals surface area contributed by atoms with E-state index in [-0.39, 0.29) is 11.8 Å². The van der Waals surface area contributed by atoms with Crippen LogP contribution in [0.25, 0.3) is 0 Å². The molecular weight excluding hydrogens is 256 g/mol. The van der Waals surface area contributed by atoms with E-state index in [0.29, 0.717) is 37.1 Å². The maximum absolute atomic E-state index is 12.1. The highest BCUT2D eigenvalue weighted by atomic mass is 16.3. The number of likely N-dealkylation sites (N-methyl/N-ethyl adjacent to an activating group) is 1. The molecule has 5 nitrogen and oxygen atoms in total. The van der Waals surface area contributed by atoms with Crippen molar-refractivity contribution in [3.8, 4) is 0 Å². The number of nitrogens with one attached hydrogen (secondary N) is 1. The van der Waals surface area contributed by atoms with Gasteiger partial charge < -0.3 is 10.4 Å². The van der Waals surface area contributed by atoms with Gasteiger partial charge in [-0.2, -0.15) is 0 Å². The Bertz CT molecular complexity index is 467. The number of aliphatic hydroxyl groups is 1. The molecular formula is C15H20N2O3. The molecule has 1 heterocycles. The standard InChI is InChI=1S/C15H20N2O3/c1-2-16-10-11(18)6-5-9-17-14(19)12-7-3-4-8-13(12)15(17)20/h3-4,7-8,11,16,18H,2,5-6,9-10H2,1H3. The zero-order valence-corrected chi connectivity index (χ0v) is 11.6. The van der Waals surface area contributed by atoms with Crippen LogP contribution >= 0.6 is 0 Å². The number of hydrogen-bond donors (Lipinski definition) is 2. The van der Waals surface area contributed by atoms with E-state index in [1.54, 1.807) is 24.3 Å². The van der Waals surface area contributed by atoms with Crippen molar-refractivity contribution < 1.29 is 14.7 Å². The smallest absolute Gasteiger partial charge is 0.261 e. The molecule has 1 atom stereocenters. The first-order valence-corrected chi connectivity index (χ1v) is 6.99. The highest BCUT2D eigenvalue weighted by Gasteiger charge is 2.34. The van der Waals surface area contributed by atoms with Gasteiger partial charge in [0.15, 0.2) is 0 Å². The van der Waals surface area contributed by atoms with Crippen molar-refractivity contribution in [3.05, 3.63) is 35.4 Å². The summed E-state index contributed by atoms with van der Waals surface area (Å²) in [5.74, 6) is -0.460. The lowest BCUT2D eigenvalue weighted by molar-refractivity contribution is 0.0641. The van der Waals surface area contributed by atoms with Gasteiger partial charge in [0.05, 0.1) is 17.2 Å². The van der Waals surface area contributed by atoms with Crippen LogP contribution in [0.2, 0.25) is 0 Å². The predicted molar refractivity (Wildman–Crippen MR) is 75.6 cm³/mol. The van der Waals surface area contributed by atoms with Gasteiger partial charge in [-0.05, 0) is 31.5 Å². The number of nitrogens with zero attached hydrogens (tertiary/aromatic N) is 1. The normalized spacial score (nSPS) is 15.6. The fraction of sp³-hybridized carbons (Fsp3) is 0.467. The van der Waals surface area contributed by atoms with Crippen LogP contribution in [0.4, 0.5) is 0 Å². The predicted octanol–water partition coefficient (Wildman–Crippen LogP) is 1.03. The highest BCUT2D eigenvalue weighted by Crippen LogP contribution is 2.22. The minimum Gasteiger partial charge on any atom is -0.392 e. The molecule has 0 saturated carbocycles. The molecule has 1 unspecified atom stereocenters. The van der Waals surface area contributed by atoms with Crippen molar-refractivity contribution in [2.24, 2.45) is 0 Å². The van der Waals surface area contributed by atoms with Crippen LogP contribution in [-0.2, 0) is 0 Å². The zero-order chi connectivity index (χ0) is 14.5. The maximum Gasteiger partial charge on any atom is 0.261 e. The number of rotatable bonds is 7.